The van der Waals surface area contributed by atoms with Gasteiger partial charge in [-0.3, -0.25) is 0 Å². The zero-order chi connectivity index (χ0) is 16.3. The second-order valence-corrected chi connectivity index (χ2v) is 6.25. The Kier molecular flexibility index (Phi) is 5.60. The molecule has 0 aliphatic rings. The molecule has 0 aliphatic heterocycles. The van der Waals surface area contributed by atoms with Gasteiger partial charge in [-0.2, -0.15) is 0 Å². The topological polar surface area (TPSA) is 69.6 Å². The molecule has 22 heavy (non-hydrogen) atoms. The van der Waals surface area contributed by atoms with E-state index in [1.807, 2.05) is 0 Å². The maximum Gasteiger partial charge on any atom is 0.405 e. The molecular formula is C15H12ClFINO3. The van der Waals surface area contributed by atoms with E-state index in [4.69, 9.17) is 16.7 Å². The molecule has 2 unspecified atom stereocenters. The second-order valence-electron chi connectivity index (χ2n) is 4.60. The Hall–Kier alpha value is -1.38. The lowest BCUT2D eigenvalue weighted by Gasteiger charge is -2.24. The lowest BCUT2D eigenvalue weighted by atomic mass is 9.96. The summed E-state index contributed by atoms with van der Waals surface area (Å²) in [5.74, 6) is -0.675. The summed E-state index contributed by atoms with van der Waals surface area (Å²) >= 11 is 7.75. The van der Waals surface area contributed by atoms with Gasteiger partial charge in [0.15, 0.2) is 0 Å². The molecule has 2 rings (SSSR count). The number of benzene rings is 2. The number of amides is 1. The van der Waals surface area contributed by atoms with Crippen molar-refractivity contribution in [3.8, 4) is 0 Å². The van der Waals surface area contributed by atoms with Crippen LogP contribution in [0.1, 0.15) is 23.3 Å². The van der Waals surface area contributed by atoms with E-state index in [-0.39, 0.29) is 10.6 Å². The number of aliphatic hydroxyl groups is 1. The van der Waals surface area contributed by atoms with E-state index < -0.39 is 24.1 Å². The maximum absolute atomic E-state index is 13.6. The first-order valence-electron chi connectivity index (χ1n) is 6.26. The molecule has 7 heteroatoms. The number of carboxylic acid groups (broad SMARTS) is 1. The molecule has 3 N–H and O–H groups in total. The lowest BCUT2D eigenvalue weighted by Crippen LogP contribution is -2.31. The zero-order valence-corrected chi connectivity index (χ0v) is 14.0. The highest BCUT2D eigenvalue weighted by Crippen LogP contribution is 2.31. The predicted molar refractivity (Wildman–Crippen MR) is 89.4 cm³/mol. The molecule has 0 aliphatic carbocycles. The van der Waals surface area contributed by atoms with Crippen molar-refractivity contribution in [2.45, 2.75) is 12.1 Å². The minimum absolute atomic E-state index is 0.0680. The van der Waals surface area contributed by atoms with Gasteiger partial charge >= 0.3 is 6.09 Å². The second kappa shape index (κ2) is 7.26. The van der Waals surface area contributed by atoms with Crippen LogP contribution in [0.5, 0.6) is 0 Å². The molecule has 4 nitrogen and oxygen atoms in total. The van der Waals surface area contributed by atoms with E-state index in [1.54, 1.807) is 24.3 Å². The first-order valence-corrected chi connectivity index (χ1v) is 7.72. The molecule has 1 amide bonds. The number of carbonyl (C=O) groups is 1. The SMILES string of the molecule is O=C(O)NC(c1ccc(Cl)c(F)c1)C(O)c1ccc(I)cc1. The summed E-state index contributed by atoms with van der Waals surface area (Å²) in [4.78, 5) is 11.0. The summed E-state index contributed by atoms with van der Waals surface area (Å²) in [6.07, 6.45) is -2.47. The van der Waals surface area contributed by atoms with Crippen LogP contribution in [0.3, 0.4) is 0 Å². The van der Waals surface area contributed by atoms with Crippen LogP contribution >= 0.6 is 34.2 Å². The fourth-order valence-electron chi connectivity index (χ4n) is 2.04. The van der Waals surface area contributed by atoms with E-state index in [0.717, 1.165) is 9.64 Å². The molecule has 2 aromatic carbocycles. The molecule has 116 valence electrons. The van der Waals surface area contributed by atoms with Crippen molar-refractivity contribution in [2.24, 2.45) is 0 Å². The van der Waals surface area contributed by atoms with Crippen LogP contribution in [0.15, 0.2) is 42.5 Å². The third-order valence-corrected chi connectivity index (χ3v) is 4.13. The summed E-state index contributed by atoms with van der Waals surface area (Å²) < 4.78 is 14.6. The Bertz CT molecular complexity index is 681. The molecule has 0 fully saturated rings. The maximum atomic E-state index is 13.6. The van der Waals surface area contributed by atoms with Crippen LogP contribution in [0.4, 0.5) is 9.18 Å². The largest absolute Gasteiger partial charge is 0.465 e. The number of aliphatic hydroxyl groups excluding tert-OH is 1. The smallest absolute Gasteiger partial charge is 0.405 e. The monoisotopic (exact) mass is 435 g/mol. The number of nitrogens with one attached hydrogen (secondary N) is 1. The normalized spacial score (nSPS) is 13.5. The molecule has 0 aromatic heterocycles. The molecule has 0 bridgehead atoms. The highest BCUT2D eigenvalue weighted by Gasteiger charge is 2.25. The first-order chi connectivity index (χ1) is 10.4. The Morgan fingerprint density at radius 2 is 1.77 bits per heavy atom. The van der Waals surface area contributed by atoms with Gasteiger partial charge < -0.3 is 15.5 Å². The molecule has 2 atom stereocenters. The van der Waals surface area contributed by atoms with Crippen molar-refractivity contribution >= 4 is 40.3 Å². The van der Waals surface area contributed by atoms with Gasteiger partial charge in [-0.15, -0.1) is 0 Å². The van der Waals surface area contributed by atoms with Gasteiger partial charge in [-0.25, -0.2) is 9.18 Å². The molecular weight excluding hydrogens is 424 g/mol. The highest BCUT2D eigenvalue weighted by molar-refractivity contribution is 14.1. The Morgan fingerprint density at radius 3 is 2.32 bits per heavy atom. The molecule has 0 spiro atoms. The summed E-state index contributed by atoms with van der Waals surface area (Å²) in [5.41, 5.74) is 0.810. The van der Waals surface area contributed by atoms with Crippen molar-refractivity contribution in [2.75, 3.05) is 0 Å². The fourth-order valence-corrected chi connectivity index (χ4v) is 2.51. The van der Waals surface area contributed by atoms with Crippen molar-refractivity contribution < 1.29 is 19.4 Å². The summed E-state index contributed by atoms with van der Waals surface area (Å²) in [7, 11) is 0. The molecule has 0 saturated heterocycles. The lowest BCUT2D eigenvalue weighted by molar-refractivity contribution is 0.120. The number of halogens is 3. The van der Waals surface area contributed by atoms with E-state index in [0.29, 0.717) is 5.56 Å². The number of hydrogen-bond acceptors (Lipinski definition) is 2. The molecule has 0 saturated carbocycles. The Morgan fingerprint density at radius 1 is 1.18 bits per heavy atom. The van der Waals surface area contributed by atoms with Crippen molar-refractivity contribution in [3.63, 3.8) is 0 Å². The highest BCUT2D eigenvalue weighted by atomic mass is 127. The van der Waals surface area contributed by atoms with Gasteiger partial charge in [0.1, 0.15) is 11.9 Å². The van der Waals surface area contributed by atoms with Gasteiger partial charge in [0.25, 0.3) is 0 Å². The zero-order valence-electron chi connectivity index (χ0n) is 11.1. The van der Waals surface area contributed by atoms with Crippen LogP contribution in [0, 0.1) is 9.39 Å². The van der Waals surface area contributed by atoms with E-state index in [2.05, 4.69) is 27.9 Å². The van der Waals surface area contributed by atoms with E-state index in [1.165, 1.54) is 12.1 Å². The van der Waals surface area contributed by atoms with Crippen molar-refractivity contribution in [3.05, 3.63) is 68.0 Å². The minimum Gasteiger partial charge on any atom is -0.465 e. The average molecular weight is 436 g/mol. The predicted octanol–water partition coefficient (Wildman–Crippen LogP) is 4.13. The van der Waals surface area contributed by atoms with Crippen molar-refractivity contribution in [1.82, 2.24) is 5.32 Å². The third kappa shape index (κ3) is 4.08. The third-order valence-electron chi connectivity index (χ3n) is 3.11. The number of hydrogen-bond donors (Lipinski definition) is 3. The van der Waals surface area contributed by atoms with Gasteiger partial charge in [-0.05, 0) is 58.0 Å². The van der Waals surface area contributed by atoms with Crippen LogP contribution in [-0.2, 0) is 0 Å². The van der Waals surface area contributed by atoms with Gasteiger partial charge in [0.05, 0.1) is 11.1 Å². The summed E-state index contributed by atoms with van der Waals surface area (Å²) in [5, 5.41) is 21.6. The Labute approximate surface area is 145 Å². The van der Waals surface area contributed by atoms with E-state index in [9.17, 15) is 14.3 Å². The average Bonchev–Trinajstić information content (AvgIpc) is 2.48. The fraction of sp³-hybridized carbons (Fsp3) is 0.133. The van der Waals surface area contributed by atoms with Crippen LogP contribution in [-0.4, -0.2) is 16.3 Å². The standard InChI is InChI=1S/C15H12ClFINO3/c16-11-6-3-9(7-12(11)17)13(19-15(21)22)14(20)8-1-4-10(18)5-2-8/h1-7,13-14,19-20H,(H,21,22). The summed E-state index contributed by atoms with van der Waals surface area (Å²) in [6.45, 7) is 0. The quantitative estimate of drug-likeness (QED) is 0.633. The molecule has 0 heterocycles. The first kappa shape index (κ1) is 17.0. The van der Waals surface area contributed by atoms with Gasteiger partial charge in [0, 0.05) is 3.57 Å². The summed E-state index contributed by atoms with van der Waals surface area (Å²) in [6, 6.07) is 9.86. The van der Waals surface area contributed by atoms with E-state index >= 15 is 0 Å². The number of rotatable bonds is 4. The van der Waals surface area contributed by atoms with Crippen LogP contribution in [0.2, 0.25) is 5.02 Å². The van der Waals surface area contributed by atoms with Gasteiger partial charge in [-0.1, -0.05) is 29.8 Å². The van der Waals surface area contributed by atoms with Gasteiger partial charge in [0.2, 0.25) is 0 Å². The van der Waals surface area contributed by atoms with Crippen LogP contribution in [0.25, 0.3) is 0 Å². The molecule has 0 radical (unpaired) electrons. The van der Waals surface area contributed by atoms with Crippen LogP contribution < -0.4 is 5.32 Å². The minimum atomic E-state index is -1.31. The Balaban J connectivity index is 2.38. The van der Waals surface area contributed by atoms with Crippen molar-refractivity contribution in [1.29, 1.82) is 0 Å². The molecule has 2 aromatic rings.